The zero-order chi connectivity index (χ0) is 15.2. The molecule has 6 nitrogen and oxygen atoms in total. The lowest BCUT2D eigenvalue weighted by atomic mass is 10.2. The summed E-state index contributed by atoms with van der Waals surface area (Å²) in [7, 11) is 0. The number of amides is 2. The molecule has 0 saturated carbocycles. The topological polar surface area (TPSA) is 84.7 Å². The molecule has 2 rings (SSSR count). The van der Waals surface area contributed by atoms with E-state index in [9.17, 15) is 9.59 Å². The van der Waals surface area contributed by atoms with E-state index < -0.39 is 0 Å². The molecule has 6 heteroatoms. The second-order valence-electron chi connectivity index (χ2n) is 4.99. The Morgan fingerprint density at radius 1 is 1.33 bits per heavy atom. The molecule has 21 heavy (non-hydrogen) atoms. The van der Waals surface area contributed by atoms with Crippen molar-refractivity contribution in [2.75, 3.05) is 32.0 Å². The van der Waals surface area contributed by atoms with Crippen LogP contribution in [0, 0.1) is 0 Å². The van der Waals surface area contributed by atoms with Gasteiger partial charge in [-0.1, -0.05) is 0 Å². The first-order chi connectivity index (χ1) is 10.1. The van der Waals surface area contributed by atoms with Crippen molar-refractivity contribution in [2.24, 2.45) is 0 Å². The molecule has 1 fully saturated rings. The fourth-order valence-electron chi connectivity index (χ4n) is 2.26. The number of hydrogen-bond acceptors (Lipinski definition) is 4. The molecule has 0 aromatic heterocycles. The summed E-state index contributed by atoms with van der Waals surface area (Å²) >= 11 is 0. The molecular formula is C15H21N3O3. The third-order valence-electron chi connectivity index (χ3n) is 3.42. The van der Waals surface area contributed by atoms with Crippen LogP contribution in [-0.2, 0) is 4.79 Å². The fraction of sp³-hybridized carbons (Fsp3) is 0.467. The maximum absolute atomic E-state index is 11.9. The quantitative estimate of drug-likeness (QED) is 0.793. The second-order valence-corrected chi connectivity index (χ2v) is 4.99. The number of nitrogen functional groups attached to an aromatic ring is 1. The predicted octanol–water partition coefficient (Wildman–Crippen LogP) is 1.02. The monoisotopic (exact) mass is 291 g/mol. The maximum atomic E-state index is 11.9. The summed E-state index contributed by atoms with van der Waals surface area (Å²) in [6, 6.07) is 4.81. The van der Waals surface area contributed by atoms with Crippen LogP contribution >= 0.6 is 0 Å². The normalized spacial score (nSPS) is 14.0. The molecule has 0 radical (unpaired) electrons. The second kappa shape index (κ2) is 6.97. The van der Waals surface area contributed by atoms with Crippen molar-refractivity contribution in [1.29, 1.82) is 0 Å². The van der Waals surface area contributed by atoms with Gasteiger partial charge in [0.1, 0.15) is 5.75 Å². The van der Waals surface area contributed by atoms with Gasteiger partial charge < -0.3 is 20.7 Å². The summed E-state index contributed by atoms with van der Waals surface area (Å²) in [5.74, 6) is 0.134. The van der Waals surface area contributed by atoms with E-state index in [1.807, 2.05) is 6.92 Å². The number of nitrogens with one attached hydrogen (secondary N) is 1. The van der Waals surface area contributed by atoms with Crippen molar-refractivity contribution >= 4 is 17.5 Å². The Kier molecular flexibility index (Phi) is 5.03. The molecule has 114 valence electrons. The van der Waals surface area contributed by atoms with Crippen LogP contribution < -0.4 is 15.8 Å². The van der Waals surface area contributed by atoms with Gasteiger partial charge in [0, 0.05) is 25.2 Å². The number of likely N-dealkylation sites (tertiary alicyclic amines) is 1. The highest BCUT2D eigenvalue weighted by Crippen LogP contribution is 2.23. The predicted molar refractivity (Wildman–Crippen MR) is 80.2 cm³/mol. The van der Waals surface area contributed by atoms with Crippen molar-refractivity contribution in [1.82, 2.24) is 10.2 Å². The molecule has 0 spiro atoms. The molecule has 1 aromatic carbocycles. The van der Waals surface area contributed by atoms with E-state index in [4.69, 9.17) is 10.5 Å². The SMILES string of the molecule is CCNC(=O)c1ccc(N)c(OCC(=O)N2CCCC2)c1. The van der Waals surface area contributed by atoms with E-state index in [0.717, 1.165) is 25.9 Å². The third-order valence-corrected chi connectivity index (χ3v) is 3.42. The molecule has 0 atom stereocenters. The minimum atomic E-state index is -0.187. The molecule has 0 unspecified atom stereocenters. The van der Waals surface area contributed by atoms with Gasteiger partial charge in [-0.2, -0.15) is 0 Å². The highest BCUT2D eigenvalue weighted by molar-refractivity contribution is 5.95. The van der Waals surface area contributed by atoms with Gasteiger partial charge in [-0.25, -0.2) is 0 Å². The average Bonchev–Trinajstić information content (AvgIpc) is 3.00. The summed E-state index contributed by atoms with van der Waals surface area (Å²) in [5.41, 5.74) is 6.70. The van der Waals surface area contributed by atoms with E-state index in [0.29, 0.717) is 23.5 Å². The highest BCUT2D eigenvalue weighted by Gasteiger charge is 2.18. The first-order valence-corrected chi connectivity index (χ1v) is 7.20. The minimum Gasteiger partial charge on any atom is -0.482 e. The number of rotatable bonds is 5. The molecule has 1 aromatic rings. The number of carbonyl (C=O) groups is 2. The number of ether oxygens (including phenoxy) is 1. The molecule has 1 aliphatic rings. The zero-order valence-electron chi connectivity index (χ0n) is 12.2. The van der Waals surface area contributed by atoms with E-state index in [1.165, 1.54) is 0 Å². The standard InChI is InChI=1S/C15H21N3O3/c1-2-17-15(20)11-5-6-12(16)13(9-11)21-10-14(19)18-7-3-4-8-18/h5-6,9H,2-4,7-8,10,16H2,1H3,(H,17,20). The summed E-state index contributed by atoms with van der Waals surface area (Å²) in [4.78, 5) is 25.5. The molecule has 0 bridgehead atoms. The molecule has 0 aliphatic carbocycles. The Morgan fingerprint density at radius 3 is 2.71 bits per heavy atom. The Morgan fingerprint density at radius 2 is 2.05 bits per heavy atom. The van der Waals surface area contributed by atoms with Gasteiger partial charge >= 0.3 is 0 Å². The number of nitrogens with two attached hydrogens (primary N) is 1. The van der Waals surface area contributed by atoms with Crippen molar-refractivity contribution in [3.63, 3.8) is 0 Å². The van der Waals surface area contributed by atoms with Crippen LogP contribution in [0.4, 0.5) is 5.69 Å². The third kappa shape index (κ3) is 3.87. The number of hydrogen-bond donors (Lipinski definition) is 2. The molecule has 2 amide bonds. The Bertz CT molecular complexity index is 525. The van der Waals surface area contributed by atoms with Gasteiger partial charge in [0.15, 0.2) is 6.61 Å². The minimum absolute atomic E-state index is 0.0460. The average molecular weight is 291 g/mol. The van der Waals surface area contributed by atoms with Crippen LogP contribution in [0.2, 0.25) is 0 Å². The van der Waals surface area contributed by atoms with Crippen molar-refractivity contribution in [2.45, 2.75) is 19.8 Å². The fourth-order valence-corrected chi connectivity index (χ4v) is 2.26. The van der Waals surface area contributed by atoms with Crippen LogP contribution in [-0.4, -0.2) is 43.0 Å². The van der Waals surface area contributed by atoms with Crippen LogP contribution in [0.5, 0.6) is 5.75 Å². The van der Waals surface area contributed by atoms with Gasteiger partial charge in [-0.3, -0.25) is 9.59 Å². The van der Waals surface area contributed by atoms with Crippen molar-refractivity contribution in [3.8, 4) is 5.75 Å². The maximum Gasteiger partial charge on any atom is 0.260 e. The first kappa shape index (κ1) is 15.2. The van der Waals surface area contributed by atoms with Crippen LogP contribution in [0.1, 0.15) is 30.1 Å². The van der Waals surface area contributed by atoms with Crippen LogP contribution in [0.15, 0.2) is 18.2 Å². The van der Waals surface area contributed by atoms with E-state index >= 15 is 0 Å². The summed E-state index contributed by atoms with van der Waals surface area (Å²) < 4.78 is 5.48. The van der Waals surface area contributed by atoms with Crippen molar-refractivity contribution < 1.29 is 14.3 Å². The lowest BCUT2D eigenvalue weighted by Crippen LogP contribution is -2.32. The summed E-state index contributed by atoms with van der Waals surface area (Å²) in [6.07, 6.45) is 2.08. The zero-order valence-corrected chi connectivity index (χ0v) is 12.2. The van der Waals surface area contributed by atoms with Gasteiger partial charge in [0.2, 0.25) is 0 Å². The smallest absolute Gasteiger partial charge is 0.260 e. The Hall–Kier alpha value is -2.24. The Labute approximate surface area is 124 Å². The largest absolute Gasteiger partial charge is 0.482 e. The van der Waals surface area contributed by atoms with Crippen LogP contribution in [0.25, 0.3) is 0 Å². The van der Waals surface area contributed by atoms with Gasteiger partial charge in [-0.05, 0) is 38.0 Å². The summed E-state index contributed by atoms with van der Waals surface area (Å²) in [6.45, 7) is 3.92. The summed E-state index contributed by atoms with van der Waals surface area (Å²) in [5, 5.41) is 2.71. The van der Waals surface area contributed by atoms with E-state index in [-0.39, 0.29) is 18.4 Å². The number of anilines is 1. The highest BCUT2D eigenvalue weighted by atomic mass is 16.5. The lowest BCUT2D eigenvalue weighted by molar-refractivity contribution is -0.132. The van der Waals surface area contributed by atoms with Gasteiger partial charge in [0.25, 0.3) is 11.8 Å². The number of nitrogens with zero attached hydrogens (tertiary/aromatic N) is 1. The van der Waals surface area contributed by atoms with Gasteiger partial charge in [-0.15, -0.1) is 0 Å². The number of benzene rings is 1. The van der Waals surface area contributed by atoms with E-state index in [2.05, 4.69) is 5.32 Å². The van der Waals surface area contributed by atoms with Crippen molar-refractivity contribution in [3.05, 3.63) is 23.8 Å². The van der Waals surface area contributed by atoms with Gasteiger partial charge in [0.05, 0.1) is 5.69 Å². The molecular weight excluding hydrogens is 270 g/mol. The molecule has 1 saturated heterocycles. The van der Waals surface area contributed by atoms with E-state index in [1.54, 1.807) is 23.1 Å². The molecule has 3 N–H and O–H groups in total. The van der Waals surface area contributed by atoms with Crippen LogP contribution in [0.3, 0.4) is 0 Å². The Balaban J connectivity index is 1.99. The molecule has 1 heterocycles. The number of carbonyl (C=O) groups excluding carboxylic acids is 2. The molecule has 1 aliphatic heterocycles. The lowest BCUT2D eigenvalue weighted by Gasteiger charge is -2.16. The first-order valence-electron chi connectivity index (χ1n) is 7.20.